The van der Waals surface area contributed by atoms with Crippen LogP contribution in [0.15, 0.2) is 60.7 Å². The quantitative estimate of drug-likeness (QED) is 0.783. The van der Waals surface area contributed by atoms with Crippen LogP contribution in [0.3, 0.4) is 0 Å². The van der Waals surface area contributed by atoms with E-state index in [0.29, 0.717) is 0 Å². The summed E-state index contributed by atoms with van der Waals surface area (Å²) in [5.41, 5.74) is 1.26. The summed E-state index contributed by atoms with van der Waals surface area (Å²) < 4.78 is 6.23. The van der Waals surface area contributed by atoms with Crippen LogP contribution in [-0.2, 0) is 0 Å². The third-order valence-corrected chi connectivity index (χ3v) is 4.10. The molecule has 1 heterocycles. The first-order chi connectivity index (χ1) is 10.4. The molecular formula is C19H23NO. The lowest BCUT2D eigenvalue weighted by Crippen LogP contribution is -2.23. The molecule has 1 aliphatic heterocycles. The minimum atomic E-state index is 0.134. The molecule has 110 valence electrons. The van der Waals surface area contributed by atoms with E-state index in [1.165, 1.54) is 31.5 Å². The zero-order chi connectivity index (χ0) is 14.3. The van der Waals surface area contributed by atoms with Crippen LogP contribution in [0.2, 0.25) is 0 Å². The Morgan fingerprint density at radius 2 is 1.48 bits per heavy atom. The molecule has 0 aromatic heterocycles. The highest BCUT2D eigenvalue weighted by atomic mass is 16.5. The molecule has 0 N–H and O–H groups in total. The summed E-state index contributed by atoms with van der Waals surface area (Å²) >= 11 is 0. The molecule has 1 atom stereocenters. The van der Waals surface area contributed by atoms with E-state index in [-0.39, 0.29) is 6.10 Å². The largest absolute Gasteiger partial charge is 0.486 e. The number of para-hydroxylation sites is 1. The van der Waals surface area contributed by atoms with Crippen molar-refractivity contribution in [2.24, 2.45) is 0 Å². The Labute approximate surface area is 127 Å². The van der Waals surface area contributed by atoms with Gasteiger partial charge in [0.15, 0.2) is 0 Å². The van der Waals surface area contributed by atoms with Crippen molar-refractivity contribution in [3.05, 3.63) is 66.2 Å². The number of likely N-dealkylation sites (tertiary alicyclic amines) is 1. The van der Waals surface area contributed by atoms with E-state index in [9.17, 15) is 0 Å². The number of nitrogens with zero attached hydrogens (tertiary/aromatic N) is 1. The maximum atomic E-state index is 6.23. The molecule has 2 aromatic carbocycles. The monoisotopic (exact) mass is 281 g/mol. The smallest absolute Gasteiger partial charge is 0.125 e. The summed E-state index contributed by atoms with van der Waals surface area (Å²) in [6.07, 6.45) is 3.86. The molecule has 1 saturated heterocycles. The molecule has 2 heteroatoms. The molecule has 0 radical (unpaired) electrons. The van der Waals surface area contributed by atoms with Crippen molar-refractivity contribution in [3.8, 4) is 5.75 Å². The first kappa shape index (κ1) is 14.2. The van der Waals surface area contributed by atoms with Gasteiger partial charge in [-0.25, -0.2) is 0 Å². The van der Waals surface area contributed by atoms with Gasteiger partial charge in [-0.3, -0.25) is 0 Å². The lowest BCUT2D eigenvalue weighted by molar-refractivity contribution is 0.173. The zero-order valence-electron chi connectivity index (χ0n) is 12.4. The number of hydrogen-bond acceptors (Lipinski definition) is 2. The van der Waals surface area contributed by atoms with Gasteiger partial charge in [0.05, 0.1) is 0 Å². The van der Waals surface area contributed by atoms with Crippen molar-refractivity contribution in [3.63, 3.8) is 0 Å². The van der Waals surface area contributed by atoms with E-state index < -0.39 is 0 Å². The molecule has 0 aliphatic carbocycles. The Balaban J connectivity index is 1.68. The normalized spacial score (nSPS) is 16.8. The fourth-order valence-electron chi connectivity index (χ4n) is 2.93. The molecule has 0 spiro atoms. The highest BCUT2D eigenvalue weighted by molar-refractivity contribution is 5.24. The Morgan fingerprint density at radius 3 is 2.14 bits per heavy atom. The molecule has 21 heavy (non-hydrogen) atoms. The average Bonchev–Trinajstić information content (AvgIpc) is 3.07. The van der Waals surface area contributed by atoms with E-state index in [4.69, 9.17) is 4.74 Å². The van der Waals surface area contributed by atoms with E-state index >= 15 is 0 Å². The van der Waals surface area contributed by atoms with Gasteiger partial charge in [-0.15, -0.1) is 0 Å². The van der Waals surface area contributed by atoms with Gasteiger partial charge in [0.2, 0.25) is 0 Å². The van der Waals surface area contributed by atoms with Crippen molar-refractivity contribution in [1.29, 1.82) is 0 Å². The molecule has 2 nitrogen and oxygen atoms in total. The first-order valence-corrected chi connectivity index (χ1v) is 7.91. The summed E-state index contributed by atoms with van der Waals surface area (Å²) in [6.45, 7) is 3.60. The number of hydrogen-bond donors (Lipinski definition) is 0. The highest BCUT2D eigenvalue weighted by Crippen LogP contribution is 2.25. The van der Waals surface area contributed by atoms with Gasteiger partial charge >= 0.3 is 0 Å². The van der Waals surface area contributed by atoms with E-state index in [1.807, 2.05) is 30.3 Å². The van der Waals surface area contributed by atoms with Gasteiger partial charge in [-0.1, -0.05) is 48.5 Å². The van der Waals surface area contributed by atoms with Crippen LogP contribution in [0.25, 0.3) is 0 Å². The fraction of sp³-hybridized carbons (Fsp3) is 0.368. The highest BCUT2D eigenvalue weighted by Gasteiger charge is 2.17. The molecule has 0 saturated carbocycles. The lowest BCUT2D eigenvalue weighted by atomic mass is 10.1. The van der Waals surface area contributed by atoms with Crippen molar-refractivity contribution < 1.29 is 4.74 Å². The van der Waals surface area contributed by atoms with Crippen LogP contribution in [0.5, 0.6) is 5.75 Å². The van der Waals surface area contributed by atoms with Crippen molar-refractivity contribution in [2.45, 2.75) is 25.4 Å². The first-order valence-electron chi connectivity index (χ1n) is 7.91. The molecule has 1 aliphatic rings. The third-order valence-electron chi connectivity index (χ3n) is 4.10. The summed E-state index contributed by atoms with van der Waals surface area (Å²) in [5, 5.41) is 0. The second-order valence-corrected chi connectivity index (χ2v) is 5.67. The lowest BCUT2D eigenvalue weighted by Gasteiger charge is -2.23. The maximum Gasteiger partial charge on any atom is 0.125 e. The zero-order valence-corrected chi connectivity index (χ0v) is 12.4. The summed E-state index contributed by atoms with van der Waals surface area (Å²) in [6, 6.07) is 20.7. The molecule has 1 unspecified atom stereocenters. The Morgan fingerprint density at radius 1 is 0.857 bits per heavy atom. The Kier molecular flexibility index (Phi) is 4.90. The van der Waals surface area contributed by atoms with Gasteiger partial charge in [0.25, 0.3) is 0 Å². The average molecular weight is 281 g/mol. The van der Waals surface area contributed by atoms with Gasteiger partial charge in [-0.05, 0) is 43.6 Å². The Bertz CT molecular complexity index is 520. The molecule has 0 bridgehead atoms. The van der Waals surface area contributed by atoms with Gasteiger partial charge in [0, 0.05) is 13.0 Å². The van der Waals surface area contributed by atoms with E-state index in [2.05, 4.69) is 35.2 Å². The van der Waals surface area contributed by atoms with Gasteiger partial charge in [0.1, 0.15) is 11.9 Å². The second-order valence-electron chi connectivity index (χ2n) is 5.67. The van der Waals surface area contributed by atoms with Gasteiger partial charge < -0.3 is 9.64 Å². The van der Waals surface area contributed by atoms with Crippen molar-refractivity contribution >= 4 is 0 Å². The minimum Gasteiger partial charge on any atom is -0.486 e. The van der Waals surface area contributed by atoms with Crippen LogP contribution in [0, 0.1) is 0 Å². The van der Waals surface area contributed by atoms with Crippen LogP contribution in [0.4, 0.5) is 0 Å². The minimum absolute atomic E-state index is 0.134. The van der Waals surface area contributed by atoms with Crippen molar-refractivity contribution in [1.82, 2.24) is 4.90 Å². The summed E-state index contributed by atoms with van der Waals surface area (Å²) in [7, 11) is 0. The topological polar surface area (TPSA) is 12.5 Å². The second kappa shape index (κ2) is 7.28. The van der Waals surface area contributed by atoms with Crippen molar-refractivity contribution in [2.75, 3.05) is 19.6 Å². The fourth-order valence-corrected chi connectivity index (χ4v) is 2.93. The molecule has 1 fully saturated rings. The van der Waals surface area contributed by atoms with Gasteiger partial charge in [-0.2, -0.15) is 0 Å². The van der Waals surface area contributed by atoms with E-state index in [0.717, 1.165) is 18.7 Å². The number of rotatable bonds is 6. The Hall–Kier alpha value is -1.80. The van der Waals surface area contributed by atoms with Crippen LogP contribution in [-0.4, -0.2) is 24.5 Å². The predicted octanol–water partition coefficient (Wildman–Crippen LogP) is 4.29. The summed E-state index contributed by atoms with van der Waals surface area (Å²) in [5.74, 6) is 0.952. The molecule has 2 aromatic rings. The number of ether oxygens (including phenoxy) is 1. The van der Waals surface area contributed by atoms with Crippen LogP contribution in [0.1, 0.15) is 30.9 Å². The van der Waals surface area contributed by atoms with Crippen LogP contribution < -0.4 is 4.74 Å². The predicted molar refractivity (Wildman–Crippen MR) is 86.5 cm³/mol. The molecular weight excluding hydrogens is 258 g/mol. The molecule has 3 rings (SSSR count). The van der Waals surface area contributed by atoms with E-state index in [1.54, 1.807) is 0 Å². The maximum absolute atomic E-state index is 6.23. The standard InChI is InChI=1S/C19H23NO/c1-3-9-17(10-4-1)19(13-16-20-14-7-8-15-20)21-18-11-5-2-6-12-18/h1-6,9-12,19H,7-8,13-16H2. The van der Waals surface area contributed by atoms with Crippen LogP contribution >= 0.6 is 0 Å². The molecule has 0 amide bonds. The SMILES string of the molecule is c1ccc(OC(CCN2CCCC2)c2ccccc2)cc1. The summed E-state index contributed by atoms with van der Waals surface area (Å²) in [4.78, 5) is 2.55. The number of benzene rings is 2. The third kappa shape index (κ3) is 4.08.